The van der Waals surface area contributed by atoms with Crippen LogP contribution < -0.4 is 0 Å². The van der Waals surface area contributed by atoms with E-state index in [1.807, 2.05) is 34.6 Å². The molecule has 0 aliphatic heterocycles. The molecule has 2 atom stereocenters. The predicted molar refractivity (Wildman–Crippen MR) is 82.5 cm³/mol. The molecule has 0 aromatic carbocycles. The number of hydrogen-bond donors (Lipinski definition) is 0. The molecule has 0 amide bonds. The van der Waals surface area contributed by atoms with E-state index in [9.17, 15) is 9.59 Å². The number of carbonyl (C=O) groups excluding carboxylic acids is 2. The summed E-state index contributed by atoms with van der Waals surface area (Å²) in [4.78, 5) is 24.1. The minimum absolute atomic E-state index is 0.134. The van der Waals surface area contributed by atoms with Gasteiger partial charge in [-0.25, -0.2) is 0 Å². The average Bonchev–Trinajstić information content (AvgIpc) is 2.48. The Labute approximate surface area is 133 Å². The van der Waals surface area contributed by atoms with Gasteiger partial charge < -0.3 is 18.9 Å². The quantitative estimate of drug-likeness (QED) is 0.406. The van der Waals surface area contributed by atoms with Gasteiger partial charge in [-0.1, -0.05) is 13.3 Å². The van der Waals surface area contributed by atoms with Gasteiger partial charge in [-0.3, -0.25) is 9.59 Å². The van der Waals surface area contributed by atoms with Crippen LogP contribution in [0.2, 0.25) is 0 Å². The van der Waals surface area contributed by atoms with Crippen LogP contribution in [0.3, 0.4) is 0 Å². The SMILES string of the molecule is CCCC(C(=O)OCC(C)OCC)C(=O)OCC(C)OCC. The topological polar surface area (TPSA) is 71.1 Å². The first kappa shape index (κ1) is 20.9. The van der Waals surface area contributed by atoms with E-state index >= 15 is 0 Å². The highest BCUT2D eigenvalue weighted by atomic mass is 16.6. The minimum Gasteiger partial charge on any atom is -0.462 e. The summed E-state index contributed by atoms with van der Waals surface area (Å²) in [5.41, 5.74) is 0. The molecule has 0 radical (unpaired) electrons. The van der Waals surface area contributed by atoms with Crippen LogP contribution in [0.5, 0.6) is 0 Å². The van der Waals surface area contributed by atoms with Gasteiger partial charge in [-0.15, -0.1) is 0 Å². The van der Waals surface area contributed by atoms with Gasteiger partial charge in [0, 0.05) is 13.2 Å². The van der Waals surface area contributed by atoms with Crippen LogP contribution >= 0.6 is 0 Å². The van der Waals surface area contributed by atoms with Crippen LogP contribution in [-0.2, 0) is 28.5 Å². The van der Waals surface area contributed by atoms with Crippen molar-refractivity contribution in [2.45, 2.75) is 59.7 Å². The van der Waals surface area contributed by atoms with E-state index in [0.29, 0.717) is 26.1 Å². The van der Waals surface area contributed by atoms with Gasteiger partial charge >= 0.3 is 11.9 Å². The van der Waals surface area contributed by atoms with Crippen molar-refractivity contribution in [2.24, 2.45) is 5.92 Å². The van der Waals surface area contributed by atoms with Gasteiger partial charge in [0.1, 0.15) is 13.2 Å². The van der Waals surface area contributed by atoms with E-state index in [4.69, 9.17) is 18.9 Å². The molecule has 0 heterocycles. The maximum absolute atomic E-state index is 12.0. The van der Waals surface area contributed by atoms with Gasteiger partial charge in [0.05, 0.1) is 12.2 Å². The van der Waals surface area contributed by atoms with Crippen molar-refractivity contribution in [3.8, 4) is 0 Å². The van der Waals surface area contributed by atoms with Crippen molar-refractivity contribution >= 4 is 11.9 Å². The Hall–Kier alpha value is -1.14. The molecule has 0 N–H and O–H groups in total. The van der Waals surface area contributed by atoms with E-state index in [2.05, 4.69) is 0 Å². The summed E-state index contributed by atoms with van der Waals surface area (Å²) in [5.74, 6) is -1.99. The summed E-state index contributed by atoms with van der Waals surface area (Å²) in [6.07, 6.45) is 0.719. The molecule has 0 bridgehead atoms. The van der Waals surface area contributed by atoms with Crippen molar-refractivity contribution in [1.29, 1.82) is 0 Å². The van der Waals surface area contributed by atoms with Gasteiger partial charge in [0.2, 0.25) is 0 Å². The van der Waals surface area contributed by atoms with E-state index in [0.717, 1.165) is 0 Å². The van der Waals surface area contributed by atoms with Crippen molar-refractivity contribution in [3.05, 3.63) is 0 Å². The molecule has 6 heteroatoms. The van der Waals surface area contributed by atoms with Crippen molar-refractivity contribution < 1.29 is 28.5 Å². The predicted octanol–water partition coefficient (Wildman–Crippen LogP) is 2.34. The third kappa shape index (κ3) is 9.00. The molecule has 0 spiro atoms. The minimum atomic E-state index is -0.882. The lowest BCUT2D eigenvalue weighted by molar-refractivity contribution is -0.166. The van der Waals surface area contributed by atoms with E-state index in [1.54, 1.807) is 0 Å². The van der Waals surface area contributed by atoms with Crippen LogP contribution in [-0.4, -0.2) is 50.6 Å². The Kier molecular flexibility index (Phi) is 11.8. The highest BCUT2D eigenvalue weighted by Gasteiger charge is 2.29. The highest BCUT2D eigenvalue weighted by molar-refractivity contribution is 5.94. The van der Waals surface area contributed by atoms with Crippen molar-refractivity contribution in [3.63, 3.8) is 0 Å². The monoisotopic (exact) mass is 318 g/mol. The molecule has 0 saturated carbocycles. The fourth-order valence-electron chi connectivity index (χ4n) is 1.89. The molecule has 130 valence electrons. The Morgan fingerprint density at radius 3 is 1.55 bits per heavy atom. The van der Waals surface area contributed by atoms with E-state index < -0.39 is 17.9 Å². The van der Waals surface area contributed by atoms with Crippen LogP contribution in [0.15, 0.2) is 0 Å². The molecule has 0 aliphatic rings. The van der Waals surface area contributed by atoms with Gasteiger partial charge in [0.15, 0.2) is 5.92 Å². The Morgan fingerprint density at radius 1 is 0.818 bits per heavy atom. The molecule has 0 rings (SSSR count). The lowest BCUT2D eigenvalue weighted by atomic mass is 10.0. The highest BCUT2D eigenvalue weighted by Crippen LogP contribution is 2.12. The number of carbonyl (C=O) groups is 2. The van der Waals surface area contributed by atoms with Gasteiger partial charge in [-0.2, -0.15) is 0 Å². The Morgan fingerprint density at radius 2 is 1.23 bits per heavy atom. The number of rotatable bonds is 12. The lowest BCUT2D eigenvalue weighted by Gasteiger charge is -2.18. The fraction of sp³-hybridized carbons (Fsp3) is 0.875. The van der Waals surface area contributed by atoms with Crippen molar-refractivity contribution in [1.82, 2.24) is 0 Å². The van der Waals surface area contributed by atoms with Crippen LogP contribution in [0.4, 0.5) is 0 Å². The molecule has 22 heavy (non-hydrogen) atoms. The standard InChI is InChI=1S/C16H30O6/c1-6-9-14(15(17)21-10-12(4)19-7-2)16(18)22-11-13(5)20-8-3/h12-14H,6-11H2,1-5H3. The van der Waals surface area contributed by atoms with Crippen molar-refractivity contribution in [2.75, 3.05) is 26.4 Å². The van der Waals surface area contributed by atoms with Crippen LogP contribution in [0, 0.1) is 5.92 Å². The summed E-state index contributed by atoms with van der Waals surface area (Å²) in [5, 5.41) is 0. The lowest BCUT2D eigenvalue weighted by Crippen LogP contribution is -2.32. The molecule has 0 fully saturated rings. The molecular weight excluding hydrogens is 288 g/mol. The average molecular weight is 318 g/mol. The second-order valence-electron chi connectivity index (χ2n) is 5.13. The maximum Gasteiger partial charge on any atom is 0.320 e. The van der Waals surface area contributed by atoms with E-state index in [-0.39, 0.29) is 25.4 Å². The molecule has 6 nitrogen and oxygen atoms in total. The first-order valence-electron chi connectivity index (χ1n) is 8.02. The number of esters is 2. The maximum atomic E-state index is 12.0. The summed E-state index contributed by atoms with van der Waals surface area (Å²) in [6.45, 7) is 10.6. The molecule has 0 aromatic rings. The molecule has 0 saturated heterocycles. The summed E-state index contributed by atoms with van der Waals surface area (Å²) >= 11 is 0. The normalized spacial score (nSPS) is 15.0. The fourth-order valence-corrected chi connectivity index (χ4v) is 1.89. The molecule has 0 aromatic heterocycles. The number of ether oxygens (including phenoxy) is 4. The molecule has 2 unspecified atom stereocenters. The summed E-state index contributed by atoms with van der Waals surface area (Å²) in [6, 6.07) is 0. The Balaban J connectivity index is 4.36. The largest absolute Gasteiger partial charge is 0.462 e. The molecular formula is C16H30O6. The second kappa shape index (κ2) is 12.4. The first-order valence-corrected chi connectivity index (χ1v) is 8.02. The zero-order valence-corrected chi connectivity index (χ0v) is 14.4. The van der Waals surface area contributed by atoms with Gasteiger partial charge in [0.25, 0.3) is 0 Å². The Bertz CT molecular complexity index is 290. The molecule has 0 aliphatic carbocycles. The zero-order valence-electron chi connectivity index (χ0n) is 14.4. The third-order valence-corrected chi connectivity index (χ3v) is 2.97. The summed E-state index contributed by atoms with van der Waals surface area (Å²) < 4.78 is 20.9. The second-order valence-corrected chi connectivity index (χ2v) is 5.13. The van der Waals surface area contributed by atoms with Gasteiger partial charge in [-0.05, 0) is 34.1 Å². The third-order valence-electron chi connectivity index (χ3n) is 2.97. The van der Waals surface area contributed by atoms with E-state index in [1.165, 1.54) is 0 Å². The smallest absolute Gasteiger partial charge is 0.320 e. The first-order chi connectivity index (χ1) is 10.5. The summed E-state index contributed by atoms with van der Waals surface area (Å²) in [7, 11) is 0. The number of hydrogen-bond acceptors (Lipinski definition) is 6. The zero-order chi connectivity index (χ0) is 17.0. The van der Waals surface area contributed by atoms with Crippen LogP contribution in [0.1, 0.15) is 47.5 Å². The van der Waals surface area contributed by atoms with Crippen LogP contribution in [0.25, 0.3) is 0 Å².